The Balaban J connectivity index is 2.06. The highest BCUT2D eigenvalue weighted by Crippen LogP contribution is 2.35. The summed E-state index contributed by atoms with van der Waals surface area (Å²) in [5.41, 5.74) is 1.67. The predicted molar refractivity (Wildman–Crippen MR) is 115 cm³/mol. The minimum absolute atomic E-state index is 0.0399. The average molecular weight is 410 g/mol. The normalized spacial score (nSPS) is 13.9. The molecule has 2 aromatic rings. The van der Waals surface area contributed by atoms with E-state index >= 15 is 0 Å². The number of anilines is 1. The Morgan fingerprint density at radius 2 is 1.60 bits per heavy atom. The van der Waals surface area contributed by atoms with Gasteiger partial charge in [0.2, 0.25) is 0 Å². The second kappa shape index (κ2) is 8.90. The van der Waals surface area contributed by atoms with Gasteiger partial charge in [-0.2, -0.15) is 0 Å². The summed E-state index contributed by atoms with van der Waals surface area (Å²) in [4.78, 5) is 27.2. The molecule has 1 heterocycles. The third-order valence-corrected chi connectivity index (χ3v) is 4.67. The maximum absolute atomic E-state index is 13.0. The van der Waals surface area contributed by atoms with Crippen molar-refractivity contribution >= 4 is 23.1 Å². The SMILES string of the molecule is CCN1C(=O)C(Nc2cc(OC)ccc2OC)=C(c2ccc(OC(C)C)cc2)C1=O. The molecule has 0 radical (unpaired) electrons. The Morgan fingerprint density at radius 1 is 0.933 bits per heavy atom. The van der Waals surface area contributed by atoms with Crippen LogP contribution in [0.3, 0.4) is 0 Å². The molecule has 7 nitrogen and oxygen atoms in total. The third kappa shape index (κ3) is 4.10. The molecule has 0 atom stereocenters. The van der Waals surface area contributed by atoms with E-state index in [0.717, 1.165) is 0 Å². The van der Waals surface area contributed by atoms with Gasteiger partial charge >= 0.3 is 0 Å². The monoisotopic (exact) mass is 410 g/mol. The van der Waals surface area contributed by atoms with Gasteiger partial charge in [0.15, 0.2) is 0 Å². The minimum Gasteiger partial charge on any atom is -0.497 e. The number of nitrogens with zero attached hydrogens (tertiary/aromatic N) is 1. The van der Waals surface area contributed by atoms with Crippen LogP contribution in [0.2, 0.25) is 0 Å². The van der Waals surface area contributed by atoms with E-state index in [2.05, 4.69) is 5.32 Å². The van der Waals surface area contributed by atoms with Crippen molar-refractivity contribution in [3.05, 3.63) is 53.7 Å². The summed E-state index contributed by atoms with van der Waals surface area (Å²) in [6.07, 6.45) is 0.0399. The van der Waals surface area contributed by atoms with Crippen LogP contribution in [0, 0.1) is 0 Å². The molecule has 3 rings (SSSR count). The highest BCUT2D eigenvalue weighted by molar-refractivity contribution is 6.36. The molecule has 158 valence electrons. The van der Waals surface area contributed by atoms with Gasteiger partial charge in [-0.3, -0.25) is 14.5 Å². The number of rotatable bonds is 8. The maximum Gasteiger partial charge on any atom is 0.278 e. The van der Waals surface area contributed by atoms with Crippen LogP contribution in [0.1, 0.15) is 26.3 Å². The van der Waals surface area contributed by atoms with E-state index in [1.54, 1.807) is 56.5 Å². The van der Waals surface area contributed by atoms with Crippen LogP contribution in [0.25, 0.3) is 5.57 Å². The number of benzene rings is 2. The standard InChI is InChI=1S/C23H26N2O5/c1-6-25-22(26)20(15-7-9-16(10-8-15)30-14(2)3)21(23(25)27)24-18-13-17(28-4)11-12-19(18)29-5/h7-14,24H,6H2,1-5H3. The highest BCUT2D eigenvalue weighted by Gasteiger charge is 2.38. The number of ether oxygens (including phenoxy) is 3. The minimum atomic E-state index is -0.384. The number of nitrogens with one attached hydrogen (secondary N) is 1. The zero-order valence-corrected chi connectivity index (χ0v) is 17.8. The van der Waals surface area contributed by atoms with Crippen molar-refractivity contribution in [1.82, 2.24) is 4.90 Å². The summed E-state index contributed by atoms with van der Waals surface area (Å²) in [6, 6.07) is 12.3. The molecule has 0 aliphatic carbocycles. The quantitative estimate of drug-likeness (QED) is 0.669. The number of carbonyl (C=O) groups excluding carboxylic acids is 2. The molecule has 7 heteroatoms. The van der Waals surface area contributed by atoms with Crippen molar-refractivity contribution in [1.29, 1.82) is 0 Å². The van der Waals surface area contributed by atoms with Crippen molar-refractivity contribution < 1.29 is 23.8 Å². The summed E-state index contributed by atoms with van der Waals surface area (Å²) in [5, 5.41) is 3.11. The summed E-state index contributed by atoms with van der Waals surface area (Å²) in [6.45, 7) is 5.93. The van der Waals surface area contributed by atoms with Crippen molar-refractivity contribution in [2.45, 2.75) is 26.9 Å². The number of hydrogen-bond donors (Lipinski definition) is 1. The molecular formula is C23H26N2O5. The van der Waals surface area contributed by atoms with Gasteiger partial charge in [-0.1, -0.05) is 12.1 Å². The predicted octanol–water partition coefficient (Wildman–Crippen LogP) is 3.70. The van der Waals surface area contributed by atoms with Gasteiger partial charge < -0.3 is 19.5 Å². The Hall–Kier alpha value is -3.48. The van der Waals surface area contributed by atoms with Crippen molar-refractivity contribution in [3.63, 3.8) is 0 Å². The molecule has 1 aliphatic rings. The smallest absolute Gasteiger partial charge is 0.278 e. The molecule has 0 bridgehead atoms. The summed E-state index contributed by atoms with van der Waals surface area (Å²) < 4.78 is 16.4. The molecule has 0 saturated heterocycles. The molecule has 0 aromatic heterocycles. The Labute approximate surface area is 176 Å². The van der Waals surface area contributed by atoms with Crippen molar-refractivity contribution in [2.24, 2.45) is 0 Å². The number of amides is 2. The van der Waals surface area contributed by atoms with Crippen LogP contribution >= 0.6 is 0 Å². The fourth-order valence-corrected chi connectivity index (χ4v) is 3.27. The molecular weight excluding hydrogens is 384 g/mol. The van der Waals surface area contributed by atoms with Gasteiger partial charge in [0.25, 0.3) is 11.8 Å². The Morgan fingerprint density at radius 3 is 2.17 bits per heavy atom. The highest BCUT2D eigenvalue weighted by atomic mass is 16.5. The largest absolute Gasteiger partial charge is 0.497 e. The molecule has 0 spiro atoms. The lowest BCUT2D eigenvalue weighted by Gasteiger charge is -2.14. The first-order valence-corrected chi connectivity index (χ1v) is 9.76. The van der Waals surface area contributed by atoms with Gasteiger partial charge in [-0.25, -0.2) is 0 Å². The van der Waals surface area contributed by atoms with Crippen molar-refractivity contribution in [3.8, 4) is 17.2 Å². The second-order valence-corrected chi connectivity index (χ2v) is 6.99. The topological polar surface area (TPSA) is 77.1 Å². The molecule has 0 unspecified atom stereocenters. The zero-order valence-electron chi connectivity index (χ0n) is 17.8. The molecule has 0 saturated carbocycles. The van der Waals surface area contributed by atoms with E-state index in [1.807, 2.05) is 13.8 Å². The third-order valence-electron chi connectivity index (χ3n) is 4.67. The number of methoxy groups -OCH3 is 2. The van der Waals surface area contributed by atoms with Crippen LogP contribution in [0.15, 0.2) is 48.2 Å². The molecule has 2 amide bonds. The van der Waals surface area contributed by atoms with E-state index in [-0.39, 0.29) is 30.2 Å². The first-order valence-electron chi connectivity index (χ1n) is 9.76. The fourth-order valence-electron chi connectivity index (χ4n) is 3.27. The van der Waals surface area contributed by atoms with E-state index in [0.29, 0.717) is 34.1 Å². The van der Waals surface area contributed by atoms with Gasteiger partial charge in [0, 0.05) is 12.6 Å². The number of hydrogen-bond acceptors (Lipinski definition) is 6. The Bertz CT molecular complexity index is 980. The molecule has 1 aliphatic heterocycles. The maximum atomic E-state index is 13.0. The molecule has 30 heavy (non-hydrogen) atoms. The lowest BCUT2D eigenvalue weighted by molar-refractivity contribution is -0.136. The molecule has 2 aromatic carbocycles. The number of imide groups is 1. The van der Waals surface area contributed by atoms with Crippen LogP contribution in [0.4, 0.5) is 5.69 Å². The molecule has 1 N–H and O–H groups in total. The fraction of sp³-hybridized carbons (Fsp3) is 0.304. The van der Waals surface area contributed by atoms with Gasteiger partial charge in [0.05, 0.1) is 31.6 Å². The summed E-state index contributed by atoms with van der Waals surface area (Å²) in [5.74, 6) is 1.09. The Kier molecular flexibility index (Phi) is 6.30. The van der Waals surface area contributed by atoms with Crippen LogP contribution < -0.4 is 19.5 Å². The number of carbonyl (C=O) groups is 2. The second-order valence-electron chi connectivity index (χ2n) is 6.99. The van der Waals surface area contributed by atoms with Gasteiger partial charge in [-0.05, 0) is 50.6 Å². The summed E-state index contributed by atoms with van der Waals surface area (Å²) in [7, 11) is 3.09. The van der Waals surface area contributed by atoms with Crippen LogP contribution in [-0.2, 0) is 9.59 Å². The first kappa shape index (κ1) is 21.2. The van der Waals surface area contributed by atoms with Crippen molar-refractivity contribution in [2.75, 3.05) is 26.1 Å². The lowest BCUT2D eigenvalue weighted by Crippen LogP contribution is -2.32. The van der Waals surface area contributed by atoms with E-state index in [4.69, 9.17) is 14.2 Å². The van der Waals surface area contributed by atoms with E-state index in [9.17, 15) is 9.59 Å². The summed E-state index contributed by atoms with van der Waals surface area (Å²) >= 11 is 0. The number of likely N-dealkylation sites (N-methyl/N-ethyl adjacent to an activating group) is 1. The van der Waals surface area contributed by atoms with E-state index < -0.39 is 0 Å². The zero-order chi connectivity index (χ0) is 21.8. The van der Waals surface area contributed by atoms with Gasteiger partial charge in [-0.15, -0.1) is 0 Å². The van der Waals surface area contributed by atoms with Gasteiger partial charge in [0.1, 0.15) is 22.9 Å². The average Bonchev–Trinajstić information content (AvgIpc) is 2.97. The first-order chi connectivity index (χ1) is 14.4. The lowest BCUT2D eigenvalue weighted by atomic mass is 10.0. The van der Waals surface area contributed by atoms with Crippen LogP contribution in [0.5, 0.6) is 17.2 Å². The van der Waals surface area contributed by atoms with Crippen LogP contribution in [-0.4, -0.2) is 43.6 Å². The molecule has 0 fully saturated rings. The van der Waals surface area contributed by atoms with E-state index in [1.165, 1.54) is 12.0 Å².